The molecule has 1 amide bonds. The van der Waals surface area contributed by atoms with Crippen molar-refractivity contribution in [2.45, 2.75) is 24.0 Å². The minimum Gasteiger partial charge on any atom is -0.486 e. The Labute approximate surface area is 203 Å². The number of hydrogen-bond acceptors (Lipinski definition) is 5. The third kappa shape index (κ3) is 4.49. The number of nitrogens with zero attached hydrogens (tertiary/aromatic N) is 1. The number of sulfonamides is 1. The Balaban J connectivity index is 1.29. The summed E-state index contributed by atoms with van der Waals surface area (Å²) < 4.78 is 39.6. The maximum Gasteiger partial charge on any atom is 0.252 e. The number of rotatable bonds is 5. The summed E-state index contributed by atoms with van der Waals surface area (Å²) in [5.41, 5.74) is 2.24. The molecule has 0 aliphatic carbocycles. The monoisotopic (exact) mass is 498 g/mol. The number of ether oxygens (including phenoxy) is 2. The molecule has 2 aliphatic heterocycles. The number of hydrogen-bond donors (Lipinski definition) is 1. The Morgan fingerprint density at radius 3 is 2.59 bits per heavy atom. The summed E-state index contributed by atoms with van der Waals surface area (Å²) >= 11 is 6.26. The van der Waals surface area contributed by atoms with E-state index in [0.717, 1.165) is 11.1 Å². The van der Waals surface area contributed by atoms with E-state index in [4.69, 9.17) is 21.1 Å². The molecule has 0 radical (unpaired) electrons. The number of fused-ring (bicyclic) bond motifs is 2. The van der Waals surface area contributed by atoms with E-state index in [1.54, 1.807) is 6.07 Å². The van der Waals surface area contributed by atoms with Gasteiger partial charge < -0.3 is 14.8 Å². The van der Waals surface area contributed by atoms with Gasteiger partial charge >= 0.3 is 0 Å². The molecule has 7 nitrogen and oxygen atoms in total. The van der Waals surface area contributed by atoms with Gasteiger partial charge in [-0.2, -0.15) is 4.31 Å². The van der Waals surface area contributed by atoms with Crippen LogP contribution < -0.4 is 14.8 Å². The van der Waals surface area contributed by atoms with E-state index in [9.17, 15) is 13.2 Å². The van der Waals surface area contributed by atoms with Gasteiger partial charge in [0.05, 0.1) is 22.0 Å². The molecule has 5 rings (SSSR count). The summed E-state index contributed by atoms with van der Waals surface area (Å²) in [6, 6.07) is 19.3. The Hall–Kier alpha value is -3.07. The SMILES string of the molecule is O=C(NC[C@H]1COc2ccccc2O1)c1cc(S(=O)(=O)N2CCc3ccccc3C2)ccc1Cl. The number of nitrogens with one attached hydrogen (secondary N) is 1. The van der Waals surface area contributed by atoms with Gasteiger partial charge in [-0.1, -0.05) is 48.0 Å². The Morgan fingerprint density at radius 1 is 1.03 bits per heavy atom. The highest BCUT2D eigenvalue weighted by molar-refractivity contribution is 7.89. The highest BCUT2D eigenvalue weighted by Gasteiger charge is 2.29. The van der Waals surface area contributed by atoms with Gasteiger partial charge in [-0.15, -0.1) is 0 Å². The molecule has 1 N–H and O–H groups in total. The number of benzene rings is 3. The van der Waals surface area contributed by atoms with E-state index in [0.29, 0.717) is 31.0 Å². The van der Waals surface area contributed by atoms with Crippen LogP contribution in [0.3, 0.4) is 0 Å². The third-order valence-corrected chi connectivity index (χ3v) is 8.14. The average Bonchev–Trinajstić information content (AvgIpc) is 2.87. The Kier molecular flexibility index (Phi) is 6.20. The fraction of sp³-hybridized carbons (Fsp3) is 0.240. The van der Waals surface area contributed by atoms with Gasteiger partial charge in [0.2, 0.25) is 10.0 Å². The Bertz CT molecular complexity index is 1340. The van der Waals surface area contributed by atoms with Crippen LogP contribution in [0.4, 0.5) is 0 Å². The van der Waals surface area contributed by atoms with E-state index in [2.05, 4.69) is 5.32 Å². The van der Waals surface area contributed by atoms with Crippen LogP contribution in [-0.4, -0.2) is 44.4 Å². The summed E-state index contributed by atoms with van der Waals surface area (Å²) in [7, 11) is -3.80. The minimum absolute atomic E-state index is 0.0348. The quantitative estimate of drug-likeness (QED) is 0.580. The standard InChI is InChI=1S/C25H23ClN2O5S/c26-22-10-9-20(34(30,31)28-12-11-17-5-1-2-6-18(17)15-28)13-21(22)25(29)27-14-19-16-32-23-7-3-4-8-24(23)33-19/h1-10,13,19H,11-12,14-16H2,(H,27,29)/t19-/m0/s1. The predicted molar refractivity (Wildman–Crippen MR) is 128 cm³/mol. The molecule has 0 saturated carbocycles. The van der Waals surface area contributed by atoms with E-state index in [1.165, 1.54) is 22.5 Å². The van der Waals surface area contributed by atoms with Crippen LogP contribution in [0, 0.1) is 0 Å². The largest absolute Gasteiger partial charge is 0.486 e. The molecule has 0 unspecified atom stereocenters. The predicted octanol–water partition coefficient (Wildman–Crippen LogP) is 3.66. The Morgan fingerprint density at radius 2 is 1.76 bits per heavy atom. The van der Waals surface area contributed by atoms with Crippen molar-refractivity contribution in [3.8, 4) is 11.5 Å². The summed E-state index contributed by atoms with van der Waals surface area (Å²) in [6.07, 6.45) is 0.265. The first-order chi connectivity index (χ1) is 16.4. The minimum atomic E-state index is -3.80. The van der Waals surface area contributed by atoms with Crippen LogP contribution >= 0.6 is 11.6 Å². The van der Waals surface area contributed by atoms with Crippen LogP contribution in [0.1, 0.15) is 21.5 Å². The van der Waals surface area contributed by atoms with Crippen molar-refractivity contribution in [2.24, 2.45) is 0 Å². The molecule has 34 heavy (non-hydrogen) atoms. The fourth-order valence-corrected chi connectivity index (χ4v) is 5.78. The molecule has 176 valence electrons. The maximum absolute atomic E-state index is 13.3. The van der Waals surface area contributed by atoms with Gasteiger partial charge in [0.1, 0.15) is 12.7 Å². The van der Waals surface area contributed by atoms with E-state index in [1.807, 2.05) is 42.5 Å². The summed E-state index contributed by atoms with van der Waals surface area (Å²) in [5.74, 6) is 0.794. The van der Waals surface area contributed by atoms with Crippen molar-refractivity contribution in [3.05, 3.63) is 88.4 Å². The third-order valence-electron chi connectivity index (χ3n) is 5.97. The number of carbonyl (C=O) groups is 1. The second-order valence-corrected chi connectivity index (χ2v) is 10.6. The van der Waals surface area contributed by atoms with Crippen LogP contribution in [0.15, 0.2) is 71.6 Å². The van der Waals surface area contributed by atoms with Gasteiger partial charge in [-0.25, -0.2) is 8.42 Å². The van der Waals surface area contributed by atoms with Gasteiger partial charge in [-0.05, 0) is 47.9 Å². The molecule has 0 spiro atoms. The van der Waals surface area contributed by atoms with Crippen LogP contribution in [0.5, 0.6) is 11.5 Å². The van der Waals surface area contributed by atoms with Gasteiger partial charge in [0.15, 0.2) is 11.5 Å². The van der Waals surface area contributed by atoms with E-state index in [-0.39, 0.29) is 34.7 Å². The smallest absolute Gasteiger partial charge is 0.252 e. The van der Waals surface area contributed by atoms with Crippen molar-refractivity contribution in [1.29, 1.82) is 0 Å². The maximum atomic E-state index is 13.3. The molecule has 2 aliphatic rings. The van der Waals surface area contributed by atoms with Crippen LogP contribution in [0.25, 0.3) is 0 Å². The fourth-order valence-electron chi connectivity index (χ4n) is 4.13. The van der Waals surface area contributed by atoms with Crippen molar-refractivity contribution in [3.63, 3.8) is 0 Å². The van der Waals surface area contributed by atoms with Crippen molar-refractivity contribution in [2.75, 3.05) is 19.7 Å². The summed E-state index contributed by atoms with van der Waals surface area (Å²) in [4.78, 5) is 12.9. The first-order valence-electron chi connectivity index (χ1n) is 10.9. The zero-order valence-corrected chi connectivity index (χ0v) is 19.8. The topological polar surface area (TPSA) is 84.9 Å². The second kappa shape index (κ2) is 9.29. The van der Waals surface area contributed by atoms with Crippen molar-refractivity contribution in [1.82, 2.24) is 9.62 Å². The number of para-hydroxylation sites is 2. The molecule has 2 heterocycles. The summed E-state index contributed by atoms with van der Waals surface area (Å²) in [6.45, 7) is 1.15. The number of halogens is 1. The molecule has 9 heteroatoms. The van der Waals surface area contributed by atoms with Crippen molar-refractivity contribution < 1.29 is 22.7 Å². The van der Waals surface area contributed by atoms with E-state index >= 15 is 0 Å². The van der Waals surface area contributed by atoms with Gasteiger partial charge in [0, 0.05) is 13.1 Å². The van der Waals surface area contributed by atoms with Gasteiger partial charge in [-0.3, -0.25) is 4.79 Å². The van der Waals surface area contributed by atoms with Crippen LogP contribution in [-0.2, 0) is 23.0 Å². The lowest BCUT2D eigenvalue weighted by atomic mass is 10.0. The molecule has 0 bridgehead atoms. The molecule has 1 atom stereocenters. The first-order valence-corrected chi connectivity index (χ1v) is 12.8. The molecule has 3 aromatic rings. The molecular formula is C25H23ClN2O5S. The van der Waals surface area contributed by atoms with Gasteiger partial charge in [0.25, 0.3) is 5.91 Å². The number of amides is 1. The normalized spacial score (nSPS) is 17.6. The number of carbonyl (C=O) groups excluding carboxylic acids is 1. The molecule has 0 fully saturated rings. The summed E-state index contributed by atoms with van der Waals surface area (Å²) in [5, 5.41) is 2.95. The first kappa shape index (κ1) is 22.7. The van der Waals surface area contributed by atoms with Crippen molar-refractivity contribution >= 4 is 27.5 Å². The highest BCUT2D eigenvalue weighted by atomic mass is 35.5. The zero-order valence-electron chi connectivity index (χ0n) is 18.2. The molecule has 3 aromatic carbocycles. The second-order valence-electron chi connectivity index (χ2n) is 8.21. The molecule has 0 saturated heterocycles. The van der Waals surface area contributed by atoms with E-state index < -0.39 is 15.9 Å². The lowest BCUT2D eigenvalue weighted by molar-refractivity contribution is 0.0789. The zero-order chi connectivity index (χ0) is 23.7. The molecule has 0 aromatic heterocycles. The highest BCUT2D eigenvalue weighted by Crippen LogP contribution is 2.31. The lowest BCUT2D eigenvalue weighted by Gasteiger charge is -2.28. The lowest BCUT2D eigenvalue weighted by Crippen LogP contribution is -2.41. The molecular weight excluding hydrogens is 476 g/mol. The average molecular weight is 499 g/mol. The van der Waals surface area contributed by atoms with Crippen LogP contribution in [0.2, 0.25) is 5.02 Å².